The highest BCUT2D eigenvalue weighted by Gasteiger charge is 2.21. The average molecular weight is 317 g/mol. The van der Waals surface area contributed by atoms with Crippen LogP contribution in [0.1, 0.15) is 46.4 Å². The Labute approximate surface area is 117 Å². The lowest BCUT2D eigenvalue weighted by atomic mass is 10.1. The molecule has 1 rings (SSSR count). The molecule has 102 valence electrons. The number of carbonyl (C=O) groups is 1. The second-order valence-corrected chi connectivity index (χ2v) is 6.27. The zero-order valence-electron chi connectivity index (χ0n) is 11.5. The van der Waals surface area contributed by atoms with Crippen LogP contribution >= 0.6 is 15.9 Å². The molecule has 0 saturated carbocycles. The van der Waals surface area contributed by atoms with E-state index in [0.29, 0.717) is 4.67 Å². The van der Waals surface area contributed by atoms with E-state index in [4.69, 9.17) is 4.42 Å². The van der Waals surface area contributed by atoms with Crippen LogP contribution in [0, 0.1) is 0 Å². The molecule has 0 aromatic carbocycles. The van der Waals surface area contributed by atoms with Crippen molar-refractivity contribution in [2.24, 2.45) is 0 Å². The zero-order valence-corrected chi connectivity index (χ0v) is 13.1. The van der Waals surface area contributed by atoms with E-state index in [2.05, 4.69) is 26.6 Å². The maximum atomic E-state index is 11.9. The van der Waals surface area contributed by atoms with Crippen LogP contribution in [0.3, 0.4) is 0 Å². The fourth-order valence-electron chi connectivity index (χ4n) is 1.57. The molecule has 1 aromatic heterocycles. The van der Waals surface area contributed by atoms with Crippen molar-refractivity contribution in [1.29, 1.82) is 0 Å². The highest BCUT2D eigenvalue weighted by Crippen LogP contribution is 2.20. The maximum absolute atomic E-state index is 11.9. The van der Waals surface area contributed by atoms with E-state index >= 15 is 0 Å². The highest BCUT2D eigenvalue weighted by atomic mass is 79.9. The molecule has 1 heterocycles. The first kappa shape index (κ1) is 15.2. The molecule has 4 nitrogen and oxygen atoms in total. The van der Waals surface area contributed by atoms with Gasteiger partial charge >= 0.3 is 0 Å². The van der Waals surface area contributed by atoms with Gasteiger partial charge < -0.3 is 9.73 Å². The molecule has 2 N–H and O–H groups in total. The van der Waals surface area contributed by atoms with E-state index in [-0.39, 0.29) is 23.5 Å². The smallest absolute Gasteiger partial charge is 0.237 e. The van der Waals surface area contributed by atoms with Crippen molar-refractivity contribution in [2.45, 2.75) is 52.2 Å². The normalized spacial score (nSPS) is 15.2. The molecule has 5 heteroatoms. The van der Waals surface area contributed by atoms with Gasteiger partial charge in [0.2, 0.25) is 5.91 Å². The first-order chi connectivity index (χ1) is 8.19. The summed E-state index contributed by atoms with van der Waals surface area (Å²) in [6.07, 6.45) is 0. The number of carbonyl (C=O) groups excluding carboxylic acids is 1. The summed E-state index contributed by atoms with van der Waals surface area (Å²) >= 11 is 3.26. The summed E-state index contributed by atoms with van der Waals surface area (Å²) in [4.78, 5) is 11.9. The molecule has 1 amide bonds. The van der Waals surface area contributed by atoms with Crippen molar-refractivity contribution >= 4 is 21.8 Å². The zero-order chi connectivity index (χ0) is 13.9. The molecule has 0 radical (unpaired) electrons. The van der Waals surface area contributed by atoms with Crippen molar-refractivity contribution in [2.75, 3.05) is 0 Å². The summed E-state index contributed by atoms with van der Waals surface area (Å²) in [6.45, 7) is 9.70. The minimum absolute atomic E-state index is 0.0139. The lowest BCUT2D eigenvalue weighted by Crippen LogP contribution is -2.49. The second kappa shape index (κ2) is 5.89. The van der Waals surface area contributed by atoms with Crippen LogP contribution in [-0.4, -0.2) is 17.5 Å². The van der Waals surface area contributed by atoms with Gasteiger partial charge in [0.1, 0.15) is 5.76 Å². The lowest BCUT2D eigenvalue weighted by molar-refractivity contribution is -0.124. The number of furan rings is 1. The van der Waals surface area contributed by atoms with Crippen LogP contribution in [0.15, 0.2) is 21.2 Å². The fourth-order valence-corrected chi connectivity index (χ4v) is 1.89. The molecule has 2 unspecified atom stereocenters. The van der Waals surface area contributed by atoms with Gasteiger partial charge in [0.05, 0.1) is 12.1 Å². The van der Waals surface area contributed by atoms with E-state index in [1.165, 1.54) is 0 Å². The summed E-state index contributed by atoms with van der Waals surface area (Å²) in [5.41, 5.74) is -0.218. The van der Waals surface area contributed by atoms with Crippen molar-refractivity contribution < 1.29 is 9.21 Å². The minimum Gasteiger partial charge on any atom is -0.453 e. The molecule has 18 heavy (non-hydrogen) atoms. The molecular formula is C13H21BrN2O2. The number of hydrogen-bond acceptors (Lipinski definition) is 3. The molecule has 1 aromatic rings. The lowest BCUT2D eigenvalue weighted by Gasteiger charge is -2.25. The van der Waals surface area contributed by atoms with E-state index in [9.17, 15) is 4.79 Å². The Hall–Kier alpha value is -0.810. The molecule has 0 spiro atoms. The fraction of sp³-hybridized carbons (Fsp3) is 0.615. The third-order valence-electron chi connectivity index (χ3n) is 2.41. The average Bonchev–Trinajstić information content (AvgIpc) is 2.62. The van der Waals surface area contributed by atoms with Gasteiger partial charge in [-0.3, -0.25) is 10.1 Å². The SMILES string of the molecule is CC(NC(C)c1ccc(Br)o1)C(=O)NC(C)(C)C. The quantitative estimate of drug-likeness (QED) is 0.897. The van der Waals surface area contributed by atoms with Gasteiger partial charge in [-0.1, -0.05) is 0 Å². The Balaban J connectivity index is 2.54. The van der Waals surface area contributed by atoms with Gasteiger partial charge in [-0.05, 0) is 62.7 Å². The van der Waals surface area contributed by atoms with Crippen LogP contribution in [0.4, 0.5) is 0 Å². The van der Waals surface area contributed by atoms with E-state index < -0.39 is 0 Å². The van der Waals surface area contributed by atoms with Gasteiger partial charge in [0.25, 0.3) is 0 Å². The Morgan fingerprint density at radius 3 is 2.39 bits per heavy atom. The van der Waals surface area contributed by atoms with E-state index in [0.717, 1.165) is 5.76 Å². The van der Waals surface area contributed by atoms with E-state index in [1.54, 1.807) is 0 Å². The summed E-state index contributed by atoms with van der Waals surface area (Å²) < 4.78 is 6.14. The van der Waals surface area contributed by atoms with Crippen molar-refractivity contribution in [3.05, 3.63) is 22.6 Å². The van der Waals surface area contributed by atoms with Gasteiger partial charge in [-0.25, -0.2) is 0 Å². The number of nitrogens with one attached hydrogen (secondary N) is 2. The largest absolute Gasteiger partial charge is 0.453 e. The molecule has 0 saturated heterocycles. The molecule has 0 aliphatic heterocycles. The van der Waals surface area contributed by atoms with Crippen molar-refractivity contribution in [1.82, 2.24) is 10.6 Å². The monoisotopic (exact) mass is 316 g/mol. The standard InChI is InChI=1S/C13H21BrN2O2/c1-8(10-6-7-11(14)18-10)15-9(2)12(17)16-13(3,4)5/h6-9,15H,1-5H3,(H,16,17). The number of hydrogen-bond donors (Lipinski definition) is 2. The molecular weight excluding hydrogens is 296 g/mol. The minimum atomic E-state index is -0.275. The Bertz CT molecular complexity index is 409. The second-order valence-electron chi connectivity index (χ2n) is 5.49. The third kappa shape index (κ3) is 4.82. The summed E-state index contributed by atoms with van der Waals surface area (Å²) in [6, 6.07) is 3.43. The maximum Gasteiger partial charge on any atom is 0.237 e. The van der Waals surface area contributed by atoms with Gasteiger partial charge in [0, 0.05) is 5.54 Å². The first-order valence-corrected chi connectivity index (χ1v) is 6.81. The summed E-state index contributed by atoms with van der Waals surface area (Å²) in [5.74, 6) is 0.789. The van der Waals surface area contributed by atoms with Gasteiger partial charge in [-0.15, -0.1) is 0 Å². The molecule has 2 atom stereocenters. The summed E-state index contributed by atoms with van der Waals surface area (Å²) in [5, 5.41) is 6.14. The van der Waals surface area contributed by atoms with Gasteiger partial charge in [0.15, 0.2) is 4.67 Å². The Kier molecular flexibility index (Phi) is 4.99. The van der Waals surface area contributed by atoms with Crippen molar-refractivity contribution in [3.63, 3.8) is 0 Å². The molecule has 0 aliphatic carbocycles. The molecule has 0 bridgehead atoms. The first-order valence-electron chi connectivity index (χ1n) is 6.02. The van der Waals surface area contributed by atoms with Crippen LogP contribution in [0.2, 0.25) is 0 Å². The predicted octanol–water partition coefficient (Wildman–Crippen LogP) is 3.00. The van der Waals surface area contributed by atoms with Crippen LogP contribution in [-0.2, 0) is 4.79 Å². The molecule has 0 fully saturated rings. The third-order valence-corrected chi connectivity index (χ3v) is 2.84. The Morgan fingerprint density at radius 1 is 1.33 bits per heavy atom. The topological polar surface area (TPSA) is 54.3 Å². The highest BCUT2D eigenvalue weighted by molar-refractivity contribution is 9.10. The number of amides is 1. The van der Waals surface area contributed by atoms with Crippen LogP contribution < -0.4 is 10.6 Å². The number of rotatable bonds is 4. The van der Waals surface area contributed by atoms with Crippen LogP contribution in [0.25, 0.3) is 0 Å². The predicted molar refractivity (Wildman–Crippen MR) is 75.3 cm³/mol. The molecule has 0 aliphatic rings. The van der Waals surface area contributed by atoms with E-state index in [1.807, 2.05) is 46.8 Å². The van der Waals surface area contributed by atoms with Crippen molar-refractivity contribution in [3.8, 4) is 0 Å². The van der Waals surface area contributed by atoms with Gasteiger partial charge in [-0.2, -0.15) is 0 Å². The Morgan fingerprint density at radius 2 is 1.94 bits per heavy atom. The number of halogens is 1. The summed E-state index contributed by atoms with van der Waals surface area (Å²) in [7, 11) is 0. The van der Waals surface area contributed by atoms with Crippen LogP contribution in [0.5, 0.6) is 0 Å².